The fourth-order valence-corrected chi connectivity index (χ4v) is 5.33. The number of thiophene rings is 1. The van der Waals surface area contributed by atoms with Gasteiger partial charge in [0.15, 0.2) is 0 Å². The van der Waals surface area contributed by atoms with Gasteiger partial charge in [-0.15, -0.1) is 11.3 Å². The molecule has 6 nitrogen and oxygen atoms in total. The maximum atomic E-state index is 13.1. The lowest BCUT2D eigenvalue weighted by atomic mass is 9.95. The summed E-state index contributed by atoms with van der Waals surface area (Å²) in [5, 5.41) is 9.34. The summed E-state index contributed by atoms with van der Waals surface area (Å²) in [6, 6.07) is 9.69. The van der Waals surface area contributed by atoms with Crippen LogP contribution in [0.15, 0.2) is 30.3 Å². The molecule has 1 aliphatic rings. The van der Waals surface area contributed by atoms with Crippen molar-refractivity contribution in [1.82, 2.24) is 20.0 Å². The van der Waals surface area contributed by atoms with E-state index in [-0.39, 0.29) is 17.7 Å². The molecule has 3 heterocycles. The number of aryl methyl sites for hydroxylation is 1. The quantitative estimate of drug-likeness (QED) is 0.591. The van der Waals surface area contributed by atoms with Crippen molar-refractivity contribution in [3.05, 3.63) is 51.5 Å². The van der Waals surface area contributed by atoms with Crippen molar-refractivity contribution in [2.24, 2.45) is 5.92 Å². The Hall–Kier alpha value is -2.38. The van der Waals surface area contributed by atoms with E-state index in [0.29, 0.717) is 44.0 Å². The van der Waals surface area contributed by atoms with Crippen LogP contribution in [0.5, 0.6) is 0 Å². The number of halogens is 1. The van der Waals surface area contributed by atoms with Crippen molar-refractivity contribution in [2.75, 3.05) is 19.6 Å². The summed E-state index contributed by atoms with van der Waals surface area (Å²) in [5.74, 6) is 0.160. The van der Waals surface area contributed by atoms with E-state index in [9.17, 15) is 9.59 Å². The van der Waals surface area contributed by atoms with Gasteiger partial charge in [-0.05, 0) is 43.9 Å². The van der Waals surface area contributed by atoms with Crippen LogP contribution in [0, 0.1) is 12.8 Å². The Morgan fingerprint density at radius 1 is 1.26 bits per heavy atom. The summed E-state index contributed by atoms with van der Waals surface area (Å²) in [6.45, 7) is 6.51. The van der Waals surface area contributed by atoms with Crippen LogP contribution in [0.1, 0.15) is 47.1 Å². The van der Waals surface area contributed by atoms with Crippen LogP contribution in [-0.4, -0.2) is 46.1 Å². The van der Waals surface area contributed by atoms with Crippen LogP contribution in [0.2, 0.25) is 5.02 Å². The minimum atomic E-state index is 0.00410. The van der Waals surface area contributed by atoms with Crippen molar-refractivity contribution < 1.29 is 9.59 Å². The maximum absolute atomic E-state index is 13.1. The number of carbonyl (C=O) groups is 2. The number of nitrogens with zero attached hydrogens (tertiary/aromatic N) is 3. The molecule has 0 spiro atoms. The molecule has 3 aromatic rings. The smallest absolute Gasteiger partial charge is 0.264 e. The first-order valence-corrected chi connectivity index (χ1v) is 11.9. The number of aromatic nitrogens is 2. The Balaban J connectivity index is 1.47. The Kier molecular flexibility index (Phi) is 6.62. The van der Waals surface area contributed by atoms with Crippen molar-refractivity contribution in [3.63, 3.8) is 0 Å². The van der Waals surface area contributed by atoms with Gasteiger partial charge < -0.3 is 10.2 Å². The van der Waals surface area contributed by atoms with Gasteiger partial charge in [0, 0.05) is 36.0 Å². The molecular weight excluding hydrogens is 432 g/mol. The number of amides is 2. The zero-order chi connectivity index (χ0) is 22.0. The molecule has 1 aromatic carbocycles. The van der Waals surface area contributed by atoms with Gasteiger partial charge in [0.05, 0.1) is 17.1 Å². The minimum Gasteiger partial charge on any atom is -0.356 e. The molecule has 0 radical (unpaired) electrons. The third kappa shape index (κ3) is 4.62. The fourth-order valence-electron chi connectivity index (χ4n) is 4.01. The third-order valence-corrected chi connectivity index (χ3v) is 7.30. The molecule has 1 N–H and O–H groups in total. The van der Waals surface area contributed by atoms with E-state index >= 15 is 0 Å². The third-order valence-electron chi connectivity index (χ3n) is 5.80. The SMILES string of the molecule is CCCNC(=O)C1CCN(C(=O)c2cc3c(C)nn(Cc4ccccc4Cl)c3s2)CC1. The number of benzene rings is 1. The first-order valence-electron chi connectivity index (χ1n) is 10.7. The molecular formula is C23H27ClN4O2S. The van der Waals surface area contributed by atoms with E-state index in [1.807, 2.05) is 53.8 Å². The van der Waals surface area contributed by atoms with Gasteiger partial charge in [0.1, 0.15) is 4.83 Å². The summed E-state index contributed by atoms with van der Waals surface area (Å²) >= 11 is 7.80. The normalized spacial score (nSPS) is 14.9. The number of nitrogens with one attached hydrogen (secondary N) is 1. The van der Waals surface area contributed by atoms with Crippen molar-refractivity contribution in [2.45, 2.75) is 39.7 Å². The number of rotatable bonds is 6. The highest BCUT2D eigenvalue weighted by Crippen LogP contribution is 2.31. The van der Waals surface area contributed by atoms with Crippen LogP contribution in [-0.2, 0) is 11.3 Å². The van der Waals surface area contributed by atoms with Gasteiger partial charge in [-0.2, -0.15) is 5.10 Å². The molecule has 31 heavy (non-hydrogen) atoms. The Morgan fingerprint density at radius 2 is 2.00 bits per heavy atom. The van der Waals surface area contributed by atoms with E-state index in [1.54, 1.807) is 0 Å². The standard InChI is InChI=1S/C23H27ClN4O2S/c1-3-10-25-21(29)16-8-11-27(12-9-16)22(30)20-13-18-15(2)26-28(23(18)31-20)14-17-6-4-5-7-19(17)24/h4-7,13,16H,3,8-12,14H2,1-2H3,(H,25,29). The van der Waals surface area contributed by atoms with Crippen LogP contribution < -0.4 is 5.32 Å². The number of likely N-dealkylation sites (tertiary alicyclic amines) is 1. The molecule has 164 valence electrons. The second-order valence-electron chi connectivity index (χ2n) is 8.02. The number of fused-ring (bicyclic) bond motifs is 1. The van der Waals surface area contributed by atoms with Crippen LogP contribution in [0.4, 0.5) is 0 Å². The number of hydrogen-bond donors (Lipinski definition) is 1. The van der Waals surface area contributed by atoms with Crippen molar-refractivity contribution in [3.8, 4) is 0 Å². The second-order valence-corrected chi connectivity index (χ2v) is 9.46. The first kappa shape index (κ1) is 21.8. The van der Waals surface area contributed by atoms with Gasteiger partial charge in [0.25, 0.3) is 5.91 Å². The molecule has 0 bridgehead atoms. The van der Waals surface area contributed by atoms with Crippen LogP contribution >= 0.6 is 22.9 Å². The molecule has 1 saturated heterocycles. The Morgan fingerprint density at radius 3 is 2.71 bits per heavy atom. The Bertz CT molecular complexity index is 1100. The highest BCUT2D eigenvalue weighted by Gasteiger charge is 2.29. The van der Waals surface area contributed by atoms with Gasteiger partial charge in [-0.25, -0.2) is 0 Å². The van der Waals surface area contributed by atoms with Crippen molar-refractivity contribution >= 4 is 45.0 Å². The fraction of sp³-hybridized carbons (Fsp3) is 0.435. The lowest BCUT2D eigenvalue weighted by molar-refractivity contribution is -0.126. The van der Waals surface area contributed by atoms with Gasteiger partial charge >= 0.3 is 0 Å². The summed E-state index contributed by atoms with van der Waals surface area (Å²) in [5.41, 5.74) is 1.90. The average Bonchev–Trinajstić information content (AvgIpc) is 3.34. The monoisotopic (exact) mass is 458 g/mol. The Labute approximate surface area is 191 Å². The number of piperidine rings is 1. The van der Waals surface area contributed by atoms with Gasteiger partial charge in [-0.3, -0.25) is 14.3 Å². The molecule has 0 saturated carbocycles. The average molecular weight is 459 g/mol. The lowest BCUT2D eigenvalue weighted by Crippen LogP contribution is -2.43. The summed E-state index contributed by atoms with van der Waals surface area (Å²) < 4.78 is 1.93. The first-order chi connectivity index (χ1) is 15.0. The molecule has 0 unspecified atom stereocenters. The molecule has 8 heteroatoms. The highest BCUT2D eigenvalue weighted by atomic mass is 35.5. The molecule has 2 aromatic heterocycles. The molecule has 2 amide bonds. The van der Waals surface area contributed by atoms with Crippen LogP contribution in [0.3, 0.4) is 0 Å². The van der Waals surface area contributed by atoms with Gasteiger partial charge in [0.2, 0.25) is 5.91 Å². The summed E-state index contributed by atoms with van der Waals surface area (Å²) in [4.78, 5) is 28.9. The highest BCUT2D eigenvalue weighted by molar-refractivity contribution is 7.20. The van der Waals surface area contributed by atoms with E-state index in [1.165, 1.54) is 11.3 Å². The van der Waals surface area contributed by atoms with Crippen LogP contribution in [0.25, 0.3) is 10.2 Å². The number of hydrogen-bond acceptors (Lipinski definition) is 4. The van der Waals surface area contributed by atoms with E-state index in [2.05, 4.69) is 10.4 Å². The minimum absolute atomic E-state index is 0.00410. The van der Waals surface area contributed by atoms with Crippen molar-refractivity contribution in [1.29, 1.82) is 0 Å². The molecule has 0 aliphatic carbocycles. The van der Waals surface area contributed by atoms with E-state index < -0.39 is 0 Å². The molecule has 1 fully saturated rings. The summed E-state index contributed by atoms with van der Waals surface area (Å²) in [7, 11) is 0. The van der Waals surface area contributed by atoms with E-state index in [0.717, 1.165) is 32.8 Å². The largest absolute Gasteiger partial charge is 0.356 e. The zero-order valence-corrected chi connectivity index (χ0v) is 19.4. The lowest BCUT2D eigenvalue weighted by Gasteiger charge is -2.31. The topological polar surface area (TPSA) is 67.2 Å². The molecule has 4 rings (SSSR count). The number of carbonyl (C=O) groups excluding carboxylic acids is 2. The second kappa shape index (κ2) is 9.40. The van der Waals surface area contributed by atoms with Gasteiger partial charge in [-0.1, -0.05) is 36.7 Å². The van der Waals surface area contributed by atoms with E-state index in [4.69, 9.17) is 11.6 Å². The summed E-state index contributed by atoms with van der Waals surface area (Å²) in [6.07, 6.45) is 2.36. The molecule has 0 atom stereocenters. The zero-order valence-electron chi connectivity index (χ0n) is 17.9. The predicted molar refractivity (Wildman–Crippen MR) is 125 cm³/mol. The maximum Gasteiger partial charge on any atom is 0.264 e. The predicted octanol–water partition coefficient (Wildman–Crippen LogP) is 4.49. The molecule has 1 aliphatic heterocycles.